The zero-order chi connectivity index (χ0) is 9.14. The lowest BCUT2D eigenvalue weighted by Crippen LogP contribution is -2.20. The molecule has 0 amide bonds. The highest BCUT2D eigenvalue weighted by Gasteiger charge is 2.14. The number of carbonyl (C=O) groups is 1. The van der Waals surface area contributed by atoms with Crippen LogP contribution >= 0.6 is 11.3 Å². The minimum Gasteiger partial charge on any atom is -0.511 e. The summed E-state index contributed by atoms with van der Waals surface area (Å²) in [4.78, 5) is 11.5. The molecule has 4 nitrogen and oxygen atoms in total. The normalized spacial score (nSPS) is 9.58. The van der Waals surface area contributed by atoms with Crippen molar-refractivity contribution in [2.24, 2.45) is 0 Å². The van der Waals surface area contributed by atoms with Gasteiger partial charge in [-0.1, -0.05) is 0 Å². The molecule has 64 valence electrons. The number of hydrogen-bond acceptors (Lipinski definition) is 5. The predicted molar refractivity (Wildman–Crippen MR) is 45.3 cm³/mol. The van der Waals surface area contributed by atoms with Crippen molar-refractivity contribution >= 4 is 24.9 Å². The first-order chi connectivity index (χ1) is 5.63. The summed E-state index contributed by atoms with van der Waals surface area (Å²) in [5, 5.41) is 16.9. The number of carbonyl (C=O) groups excluding carboxylic acids is 1. The third-order valence-corrected chi connectivity index (χ3v) is 2.20. The van der Waals surface area contributed by atoms with E-state index in [1.54, 1.807) is 6.92 Å². The van der Waals surface area contributed by atoms with E-state index >= 15 is 0 Å². The maximum absolute atomic E-state index is 10.3. The SMILES string of the molecule is Cc1sc(C=O)cc1OB(O)O. The molecule has 6 heteroatoms. The molecule has 0 spiro atoms. The molecule has 1 rings (SSSR count). The van der Waals surface area contributed by atoms with E-state index in [-0.39, 0.29) is 0 Å². The monoisotopic (exact) mass is 186 g/mol. The van der Waals surface area contributed by atoms with Crippen LogP contribution in [-0.4, -0.2) is 23.7 Å². The molecule has 0 aliphatic heterocycles. The molecule has 0 saturated heterocycles. The van der Waals surface area contributed by atoms with Gasteiger partial charge in [-0.05, 0) is 6.92 Å². The molecule has 2 N–H and O–H groups in total. The van der Waals surface area contributed by atoms with E-state index in [9.17, 15) is 4.79 Å². The molecule has 0 aliphatic rings. The summed E-state index contributed by atoms with van der Waals surface area (Å²) in [5.74, 6) is 0.331. The smallest absolute Gasteiger partial charge is 0.511 e. The maximum atomic E-state index is 10.3. The summed E-state index contributed by atoms with van der Waals surface area (Å²) < 4.78 is 4.59. The second-order valence-corrected chi connectivity index (χ2v) is 3.42. The van der Waals surface area contributed by atoms with Gasteiger partial charge in [0.05, 0.1) is 4.88 Å². The molecule has 0 radical (unpaired) electrons. The molecule has 0 bridgehead atoms. The van der Waals surface area contributed by atoms with Crippen LogP contribution in [0.15, 0.2) is 6.07 Å². The van der Waals surface area contributed by atoms with Gasteiger partial charge in [0, 0.05) is 10.9 Å². The summed E-state index contributed by atoms with van der Waals surface area (Å²) in [6.45, 7) is 1.73. The van der Waals surface area contributed by atoms with Crippen molar-refractivity contribution in [2.45, 2.75) is 6.92 Å². The topological polar surface area (TPSA) is 66.8 Å². The number of rotatable bonds is 3. The van der Waals surface area contributed by atoms with Gasteiger partial charge in [-0.15, -0.1) is 11.3 Å². The zero-order valence-electron chi connectivity index (χ0n) is 6.35. The molecular weight excluding hydrogens is 179 g/mol. The van der Waals surface area contributed by atoms with Gasteiger partial charge in [-0.25, -0.2) is 0 Å². The van der Waals surface area contributed by atoms with E-state index in [1.165, 1.54) is 17.4 Å². The van der Waals surface area contributed by atoms with Gasteiger partial charge < -0.3 is 14.7 Å². The Kier molecular flexibility index (Phi) is 2.85. The summed E-state index contributed by atoms with van der Waals surface area (Å²) in [5.41, 5.74) is 0. The first-order valence-electron chi connectivity index (χ1n) is 3.22. The van der Waals surface area contributed by atoms with Crippen LogP contribution < -0.4 is 4.65 Å². The fraction of sp³-hybridized carbons (Fsp3) is 0.167. The molecule has 0 saturated carbocycles. The lowest BCUT2D eigenvalue weighted by Gasteiger charge is -2.01. The van der Waals surface area contributed by atoms with Crippen LogP contribution in [0.5, 0.6) is 5.75 Å². The van der Waals surface area contributed by atoms with Crippen LogP contribution in [0.2, 0.25) is 0 Å². The van der Waals surface area contributed by atoms with Gasteiger partial charge in [-0.3, -0.25) is 4.79 Å². The number of thiophene rings is 1. The lowest BCUT2D eigenvalue weighted by atomic mass is 10.2. The highest BCUT2D eigenvalue weighted by molar-refractivity contribution is 7.13. The van der Waals surface area contributed by atoms with Gasteiger partial charge >= 0.3 is 7.32 Å². The quantitative estimate of drug-likeness (QED) is 0.523. The summed E-state index contributed by atoms with van der Waals surface area (Å²) in [6, 6.07) is 1.46. The molecule has 1 aromatic heterocycles. The van der Waals surface area contributed by atoms with E-state index in [0.717, 1.165) is 4.88 Å². The second kappa shape index (κ2) is 3.71. The predicted octanol–water partition coefficient (Wildman–Crippen LogP) is 0.217. The summed E-state index contributed by atoms with van der Waals surface area (Å²) in [7, 11) is -1.84. The molecule has 1 aromatic rings. The van der Waals surface area contributed by atoms with Crippen molar-refractivity contribution in [2.75, 3.05) is 0 Å². The highest BCUT2D eigenvalue weighted by atomic mass is 32.1. The fourth-order valence-electron chi connectivity index (χ4n) is 0.776. The number of aldehydes is 1. The zero-order valence-corrected chi connectivity index (χ0v) is 7.17. The van der Waals surface area contributed by atoms with Crippen molar-refractivity contribution in [1.82, 2.24) is 0 Å². The Morgan fingerprint density at radius 3 is 2.75 bits per heavy atom. The summed E-state index contributed by atoms with van der Waals surface area (Å²) in [6.07, 6.45) is 0.689. The van der Waals surface area contributed by atoms with Crippen molar-refractivity contribution in [3.05, 3.63) is 15.8 Å². The van der Waals surface area contributed by atoms with Gasteiger partial charge in [0.25, 0.3) is 0 Å². The Morgan fingerprint density at radius 2 is 2.33 bits per heavy atom. The van der Waals surface area contributed by atoms with E-state index in [0.29, 0.717) is 16.9 Å². The van der Waals surface area contributed by atoms with Crippen molar-refractivity contribution < 1.29 is 19.5 Å². The van der Waals surface area contributed by atoms with Crippen LogP contribution in [0.4, 0.5) is 0 Å². The molecule has 1 heterocycles. The van der Waals surface area contributed by atoms with Crippen LogP contribution in [0.3, 0.4) is 0 Å². The first kappa shape index (κ1) is 9.24. The Bertz CT molecular complexity index is 283. The van der Waals surface area contributed by atoms with Gasteiger partial charge in [0.1, 0.15) is 5.75 Å². The maximum Gasteiger partial charge on any atom is 0.707 e. The molecule has 0 aliphatic carbocycles. The Balaban J connectivity index is 2.84. The lowest BCUT2D eigenvalue weighted by molar-refractivity contribution is 0.112. The van der Waals surface area contributed by atoms with Crippen molar-refractivity contribution in [1.29, 1.82) is 0 Å². The van der Waals surface area contributed by atoms with Gasteiger partial charge in [0.15, 0.2) is 6.29 Å². The van der Waals surface area contributed by atoms with E-state index < -0.39 is 7.32 Å². The number of hydrogen-bond donors (Lipinski definition) is 2. The molecular formula is C6H7BO4S. The van der Waals surface area contributed by atoms with Crippen LogP contribution in [0.25, 0.3) is 0 Å². The highest BCUT2D eigenvalue weighted by Crippen LogP contribution is 2.27. The minimum atomic E-state index is -1.84. The molecule has 0 fully saturated rings. The van der Waals surface area contributed by atoms with Crippen molar-refractivity contribution in [3.63, 3.8) is 0 Å². The van der Waals surface area contributed by atoms with Crippen LogP contribution in [-0.2, 0) is 0 Å². The van der Waals surface area contributed by atoms with Crippen LogP contribution in [0, 0.1) is 6.92 Å². The van der Waals surface area contributed by atoms with E-state index in [4.69, 9.17) is 10.0 Å². The molecule has 0 atom stereocenters. The average Bonchev–Trinajstić information content (AvgIpc) is 2.31. The summed E-state index contributed by atoms with van der Waals surface area (Å²) >= 11 is 1.24. The first-order valence-corrected chi connectivity index (χ1v) is 4.03. The van der Waals surface area contributed by atoms with Crippen molar-refractivity contribution in [3.8, 4) is 5.75 Å². The third kappa shape index (κ3) is 2.07. The molecule has 12 heavy (non-hydrogen) atoms. The average molecular weight is 186 g/mol. The molecule has 0 unspecified atom stereocenters. The van der Waals surface area contributed by atoms with Gasteiger partial charge in [-0.2, -0.15) is 0 Å². The Morgan fingerprint density at radius 1 is 1.67 bits per heavy atom. The van der Waals surface area contributed by atoms with E-state index in [1.807, 2.05) is 0 Å². The third-order valence-electron chi connectivity index (χ3n) is 1.24. The van der Waals surface area contributed by atoms with Gasteiger partial charge in [0.2, 0.25) is 0 Å². The number of aryl methyl sites for hydroxylation is 1. The van der Waals surface area contributed by atoms with Crippen LogP contribution in [0.1, 0.15) is 14.5 Å². The van der Waals surface area contributed by atoms with E-state index in [2.05, 4.69) is 4.65 Å². The largest absolute Gasteiger partial charge is 0.707 e. The molecule has 0 aromatic carbocycles. The standard InChI is InChI=1S/C6H7BO4S/c1-4-6(11-7(9)10)2-5(3-8)12-4/h2-3,9-10H,1H3. The Labute approximate surface area is 73.6 Å². The minimum absolute atomic E-state index is 0.331. The fourth-order valence-corrected chi connectivity index (χ4v) is 1.55. The Hall–Kier alpha value is -0.845. The second-order valence-electron chi connectivity index (χ2n) is 2.13.